The van der Waals surface area contributed by atoms with E-state index in [9.17, 15) is 13.2 Å². The zero-order valence-corrected chi connectivity index (χ0v) is 7.30. The summed E-state index contributed by atoms with van der Waals surface area (Å²) in [5.41, 5.74) is 5.29. The van der Waals surface area contributed by atoms with E-state index in [2.05, 4.69) is 0 Å². The Balaban J connectivity index is 2.89. The first-order valence-electron chi connectivity index (χ1n) is 4.06. The molecule has 0 bridgehead atoms. The fraction of sp³-hybridized carbons (Fsp3) is 0.333. The van der Waals surface area contributed by atoms with E-state index in [1.54, 1.807) is 0 Å². The number of nitrogens with two attached hydrogens (primary N) is 1. The van der Waals surface area contributed by atoms with Crippen molar-refractivity contribution in [2.45, 2.75) is 12.5 Å². The van der Waals surface area contributed by atoms with Crippen LogP contribution >= 0.6 is 0 Å². The molecule has 5 heteroatoms. The van der Waals surface area contributed by atoms with Gasteiger partial charge in [0.2, 0.25) is 0 Å². The summed E-state index contributed by atoms with van der Waals surface area (Å²) >= 11 is 0. The molecule has 0 aromatic heterocycles. The van der Waals surface area contributed by atoms with Gasteiger partial charge in [0.25, 0.3) is 0 Å². The standard InChI is InChI=1S/C9H10F3NO/c10-7-2-5(1-6(14)4-13)3-8(11)9(7)12/h2-3,6,14H,1,4,13H2. The molecule has 1 aromatic carbocycles. The predicted molar refractivity (Wildman–Crippen MR) is 45.1 cm³/mol. The van der Waals surface area contributed by atoms with Crippen LogP contribution in [-0.2, 0) is 6.42 Å². The minimum absolute atomic E-state index is 0.00458. The van der Waals surface area contributed by atoms with Gasteiger partial charge in [0.1, 0.15) is 0 Å². The van der Waals surface area contributed by atoms with Crippen LogP contribution in [0.5, 0.6) is 0 Å². The molecule has 0 saturated carbocycles. The molecule has 0 amide bonds. The Morgan fingerprint density at radius 3 is 2.14 bits per heavy atom. The van der Waals surface area contributed by atoms with Gasteiger partial charge in [-0.15, -0.1) is 0 Å². The number of aliphatic hydroxyl groups is 1. The highest BCUT2D eigenvalue weighted by atomic mass is 19.2. The number of rotatable bonds is 3. The van der Waals surface area contributed by atoms with E-state index in [0.717, 1.165) is 12.1 Å². The third-order valence-corrected chi connectivity index (χ3v) is 1.79. The van der Waals surface area contributed by atoms with E-state index in [1.807, 2.05) is 0 Å². The molecule has 0 spiro atoms. The molecule has 1 rings (SSSR count). The molecule has 0 aliphatic rings. The van der Waals surface area contributed by atoms with Crippen LogP contribution in [-0.4, -0.2) is 17.8 Å². The number of halogens is 3. The Morgan fingerprint density at radius 2 is 1.71 bits per heavy atom. The van der Waals surface area contributed by atoms with Crippen LogP contribution in [0.3, 0.4) is 0 Å². The molecule has 14 heavy (non-hydrogen) atoms. The van der Waals surface area contributed by atoms with E-state index < -0.39 is 23.6 Å². The molecule has 3 N–H and O–H groups in total. The molecule has 0 saturated heterocycles. The van der Waals surface area contributed by atoms with Gasteiger partial charge in [-0.05, 0) is 24.1 Å². The van der Waals surface area contributed by atoms with Crippen molar-refractivity contribution in [3.8, 4) is 0 Å². The van der Waals surface area contributed by atoms with Crippen LogP contribution in [0.1, 0.15) is 5.56 Å². The molecule has 0 aliphatic heterocycles. The van der Waals surface area contributed by atoms with Crippen LogP contribution in [0.15, 0.2) is 12.1 Å². The minimum atomic E-state index is -1.50. The van der Waals surface area contributed by atoms with Crippen molar-refractivity contribution in [1.82, 2.24) is 0 Å². The second-order valence-electron chi connectivity index (χ2n) is 2.97. The smallest absolute Gasteiger partial charge is 0.194 e. The van der Waals surface area contributed by atoms with E-state index in [4.69, 9.17) is 10.8 Å². The summed E-state index contributed by atoms with van der Waals surface area (Å²) in [6.07, 6.45) is -0.871. The molecule has 0 radical (unpaired) electrons. The van der Waals surface area contributed by atoms with Crippen LogP contribution in [0.25, 0.3) is 0 Å². The highest BCUT2D eigenvalue weighted by molar-refractivity contribution is 5.20. The number of hydrogen-bond acceptors (Lipinski definition) is 2. The summed E-state index contributed by atoms with van der Waals surface area (Å²) in [7, 11) is 0. The maximum Gasteiger partial charge on any atom is 0.194 e. The fourth-order valence-corrected chi connectivity index (χ4v) is 1.08. The van der Waals surface area contributed by atoms with Crippen molar-refractivity contribution in [1.29, 1.82) is 0 Å². The van der Waals surface area contributed by atoms with E-state index >= 15 is 0 Å². The summed E-state index contributed by atoms with van der Waals surface area (Å²) in [4.78, 5) is 0. The van der Waals surface area contributed by atoms with Gasteiger partial charge in [0, 0.05) is 6.54 Å². The molecule has 0 heterocycles. The number of aliphatic hydroxyl groups excluding tert-OH is 1. The van der Waals surface area contributed by atoms with Crippen LogP contribution in [0, 0.1) is 17.5 Å². The normalized spacial score (nSPS) is 12.9. The first kappa shape index (κ1) is 11.0. The second kappa shape index (κ2) is 4.43. The number of benzene rings is 1. The molecule has 0 fully saturated rings. The van der Waals surface area contributed by atoms with Crippen LogP contribution < -0.4 is 5.73 Å². The fourth-order valence-electron chi connectivity index (χ4n) is 1.08. The third kappa shape index (κ3) is 2.46. The maximum absolute atomic E-state index is 12.7. The molecule has 1 unspecified atom stereocenters. The lowest BCUT2D eigenvalue weighted by Gasteiger charge is -2.07. The van der Waals surface area contributed by atoms with Gasteiger partial charge in [0.15, 0.2) is 17.5 Å². The topological polar surface area (TPSA) is 46.2 Å². The van der Waals surface area contributed by atoms with E-state index in [-0.39, 0.29) is 18.5 Å². The predicted octanol–water partition coefficient (Wildman–Crippen LogP) is 0.966. The SMILES string of the molecule is NCC(O)Cc1cc(F)c(F)c(F)c1. The highest BCUT2D eigenvalue weighted by Crippen LogP contribution is 2.14. The number of hydrogen-bond donors (Lipinski definition) is 2. The van der Waals surface area contributed by atoms with Gasteiger partial charge in [-0.2, -0.15) is 0 Å². The summed E-state index contributed by atoms with van der Waals surface area (Å²) in [5.74, 6) is -4.02. The third-order valence-electron chi connectivity index (χ3n) is 1.79. The molecule has 1 aromatic rings. The summed E-state index contributed by atoms with van der Waals surface area (Å²) in [6.45, 7) is -0.0133. The van der Waals surface area contributed by atoms with Crippen molar-refractivity contribution >= 4 is 0 Å². The quantitative estimate of drug-likeness (QED) is 0.722. The average molecular weight is 205 g/mol. The Kier molecular flexibility index (Phi) is 3.49. The van der Waals surface area contributed by atoms with Crippen molar-refractivity contribution in [3.63, 3.8) is 0 Å². The minimum Gasteiger partial charge on any atom is -0.391 e. The van der Waals surface area contributed by atoms with Gasteiger partial charge in [-0.3, -0.25) is 0 Å². The monoisotopic (exact) mass is 205 g/mol. The van der Waals surface area contributed by atoms with Gasteiger partial charge in [-0.25, -0.2) is 13.2 Å². The van der Waals surface area contributed by atoms with Crippen molar-refractivity contribution in [2.75, 3.05) is 6.54 Å². The van der Waals surface area contributed by atoms with Gasteiger partial charge < -0.3 is 10.8 Å². The van der Waals surface area contributed by atoms with Gasteiger partial charge in [0.05, 0.1) is 6.10 Å². The Bertz CT molecular complexity index is 307. The molecule has 1 atom stereocenters. The summed E-state index contributed by atoms with van der Waals surface area (Å²) in [6, 6.07) is 1.69. The zero-order valence-electron chi connectivity index (χ0n) is 7.30. The Labute approximate surface area is 79.2 Å². The average Bonchev–Trinajstić information content (AvgIpc) is 2.14. The van der Waals surface area contributed by atoms with Crippen molar-refractivity contribution in [2.24, 2.45) is 5.73 Å². The molecule has 0 aliphatic carbocycles. The first-order valence-corrected chi connectivity index (χ1v) is 4.06. The van der Waals surface area contributed by atoms with Crippen molar-refractivity contribution < 1.29 is 18.3 Å². The van der Waals surface area contributed by atoms with Crippen LogP contribution in [0.2, 0.25) is 0 Å². The summed E-state index contributed by atoms with van der Waals surface area (Å²) < 4.78 is 37.8. The van der Waals surface area contributed by atoms with Gasteiger partial charge in [-0.1, -0.05) is 0 Å². The molecular formula is C9H10F3NO. The van der Waals surface area contributed by atoms with Gasteiger partial charge >= 0.3 is 0 Å². The lowest BCUT2D eigenvalue weighted by atomic mass is 10.1. The molecular weight excluding hydrogens is 195 g/mol. The first-order chi connectivity index (χ1) is 6.54. The van der Waals surface area contributed by atoms with Crippen LogP contribution in [0.4, 0.5) is 13.2 Å². The Hall–Kier alpha value is -1.07. The zero-order chi connectivity index (χ0) is 10.7. The Morgan fingerprint density at radius 1 is 1.21 bits per heavy atom. The molecule has 2 nitrogen and oxygen atoms in total. The second-order valence-corrected chi connectivity index (χ2v) is 2.97. The largest absolute Gasteiger partial charge is 0.391 e. The van der Waals surface area contributed by atoms with E-state index in [1.165, 1.54) is 0 Å². The lowest BCUT2D eigenvalue weighted by molar-refractivity contribution is 0.183. The maximum atomic E-state index is 12.7. The summed E-state index contributed by atoms with van der Waals surface area (Å²) in [5, 5.41) is 9.10. The molecule has 78 valence electrons. The lowest BCUT2D eigenvalue weighted by Crippen LogP contribution is -2.22. The van der Waals surface area contributed by atoms with E-state index in [0.29, 0.717) is 0 Å². The highest BCUT2D eigenvalue weighted by Gasteiger charge is 2.12. The van der Waals surface area contributed by atoms with Crippen molar-refractivity contribution in [3.05, 3.63) is 35.1 Å².